The normalized spacial score (nSPS) is 10.9. The van der Waals surface area contributed by atoms with Crippen molar-refractivity contribution in [2.45, 2.75) is 20.5 Å². The number of nitrogens with two attached hydrogens (primary N) is 1. The van der Waals surface area contributed by atoms with Gasteiger partial charge in [0.05, 0.1) is 5.69 Å². The molecule has 102 valence electrons. The summed E-state index contributed by atoms with van der Waals surface area (Å²) in [5.41, 5.74) is 9.54. The van der Waals surface area contributed by atoms with Crippen LogP contribution in [0.5, 0.6) is 5.75 Å². The van der Waals surface area contributed by atoms with E-state index in [1.54, 1.807) is 0 Å². The fourth-order valence-corrected chi connectivity index (χ4v) is 2.09. The smallest absolute Gasteiger partial charge is 0.175 e. The van der Waals surface area contributed by atoms with Gasteiger partial charge in [0.2, 0.25) is 0 Å². The average molecular weight is 268 g/mol. The van der Waals surface area contributed by atoms with Crippen molar-refractivity contribution in [1.29, 1.82) is 0 Å². The summed E-state index contributed by atoms with van der Waals surface area (Å²) in [6, 6.07) is 11.6. The Balaban J connectivity index is 1.88. The molecule has 0 saturated heterocycles. The molecule has 0 saturated carbocycles. The molecule has 0 aliphatic heterocycles. The van der Waals surface area contributed by atoms with E-state index in [1.807, 2.05) is 54.6 Å². The topological polar surface area (TPSA) is 65.4 Å². The summed E-state index contributed by atoms with van der Waals surface area (Å²) in [6.45, 7) is 4.34. The molecule has 2 heterocycles. The molecule has 5 heteroatoms. The van der Waals surface area contributed by atoms with Gasteiger partial charge < -0.3 is 10.5 Å². The van der Waals surface area contributed by atoms with Crippen LogP contribution in [0.3, 0.4) is 0 Å². The number of benzene rings is 1. The molecule has 0 radical (unpaired) electrons. The molecule has 0 atom stereocenters. The van der Waals surface area contributed by atoms with E-state index in [0.717, 1.165) is 22.9 Å². The minimum Gasteiger partial charge on any atom is -0.486 e. The van der Waals surface area contributed by atoms with E-state index in [-0.39, 0.29) is 0 Å². The summed E-state index contributed by atoms with van der Waals surface area (Å²) in [4.78, 5) is 0. The van der Waals surface area contributed by atoms with Crippen molar-refractivity contribution in [2.24, 2.45) is 0 Å². The summed E-state index contributed by atoms with van der Waals surface area (Å²) in [5, 5.41) is 8.29. The molecule has 2 aromatic heterocycles. The van der Waals surface area contributed by atoms with E-state index < -0.39 is 0 Å². The first kappa shape index (κ1) is 12.5. The van der Waals surface area contributed by atoms with Crippen LogP contribution in [0.2, 0.25) is 0 Å². The standard InChI is InChI=1S/C15H16N4O/c1-10-3-5-12(6-4-10)20-9-15-18-17-14-8-7-13(16)11(2)19(14)15/h3-8H,9,16H2,1-2H3. The van der Waals surface area contributed by atoms with Crippen molar-refractivity contribution in [3.8, 4) is 5.75 Å². The Morgan fingerprint density at radius 1 is 1.05 bits per heavy atom. The number of nitrogen functional groups attached to an aromatic ring is 1. The first-order chi connectivity index (χ1) is 9.65. The van der Waals surface area contributed by atoms with Crippen molar-refractivity contribution < 1.29 is 4.74 Å². The number of anilines is 1. The Morgan fingerprint density at radius 2 is 1.80 bits per heavy atom. The number of ether oxygens (including phenoxy) is 1. The van der Waals surface area contributed by atoms with Crippen LogP contribution in [-0.4, -0.2) is 14.6 Å². The number of rotatable bonds is 3. The van der Waals surface area contributed by atoms with Gasteiger partial charge in [-0.2, -0.15) is 0 Å². The summed E-state index contributed by atoms with van der Waals surface area (Å²) in [5.74, 6) is 1.55. The molecule has 0 unspecified atom stereocenters. The van der Waals surface area contributed by atoms with Crippen LogP contribution in [-0.2, 0) is 6.61 Å². The second-order valence-electron chi connectivity index (χ2n) is 4.79. The minimum atomic E-state index is 0.356. The summed E-state index contributed by atoms with van der Waals surface area (Å²) in [7, 11) is 0. The zero-order valence-electron chi connectivity index (χ0n) is 11.5. The first-order valence-corrected chi connectivity index (χ1v) is 6.44. The van der Waals surface area contributed by atoms with E-state index in [2.05, 4.69) is 10.2 Å². The fraction of sp³-hybridized carbons (Fsp3) is 0.200. The molecule has 3 rings (SSSR count). The van der Waals surface area contributed by atoms with Gasteiger partial charge >= 0.3 is 0 Å². The third kappa shape index (κ3) is 2.18. The molecule has 0 aliphatic rings. The monoisotopic (exact) mass is 268 g/mol. The first-order valence-electron chi connectivity index (χ1n) is 6.44. The van der Waals surface area contributed by atoms with Crippen LogP contribution in [0.4, 0.5) is 5.69 Å². The molecule has 0 fully saturated rings. The van der Waals surface area contributed by atoms with Crippen molar-refractivity contribution in [2.75, 3.05) is 5.73 Å². The number of nitrogens with zero attached hydrogens (tertiary/aromatic N) is 3. The highest BCUT2D eigenvalue weighted by molar-refractivity contribution is 5.52. The highest BCUT2D eigenvalue weighted by atomic mass is 16.5. The third-order valence-electron chi connectivity index (χ3n) is 3.31. The van der Waals surface area contributed by atoms with Gasteiger partial charge in [-0.25, -0.2) is 0 Å². The lowest BCUT2D eigenvalue weighted by Gasteiger charge is -2.08. The lowest BCUT2D eigenvalue weighted by atomic mass is 10.2. The van der Waals surface area contributed by atoms with Gasteiger partial charge in [0.1, 0.15) is 12.4 Å². The Morgan fingerprint density at radius 3 is 2.55 bits per heavy atom. The average Bonchev–Trinajstić information content (AvgIpc) is 2.86. The van der Waals surface area contributed by atoms with E-state index in [0.29, 0.717) is 12.3 Å². The molecular weight excluding hydrogens is 252 g/mol. The van der Waals surface area contributed by atoms with E-state index in [1.165, 1.54) is 5.56 Å². The van der Waals surface area contributed by atoms with E-state index in [4.69, 9.17) is 10.5 Å². The number of pyridine rings is 1. The number of aryl methyl sites for hydroxylation is 2. The molecule has 0 amide bonds. The van der Waals surface area contributed by atoms with Gasteiger partial charge in [-0.3, -0.25) is 4.40 Å². The Kier molecular flexibility index (Phi) is 3.02. The number of hydrogen-bond acceptors (Lipinski definition) is 4. The predicted molar refractivity (Wildman–Crippen MR) is 77.6 cm³/mol. The Labute approximate surface area is 117 Å². The molecule has 0 spiro atoms. The second-order valence-corrected chi connectivity index (χ2v) is 4.79. The molecular formula is C15H16N4O. The maximum atomic E-state index is 5.92. The number of fused-ring (bicyclic) bond motifs is 1. The van der Waals surface area contributed by atoms with Gasteiger partial charge in [0.25, 0.3) is 0 Å². The molecule has 0 bridgehead atoms. The van der Waals surface area contributed by atoms with E-state index >= 15 is 0 Å². The van der Waals surface area contributed by atoms with Gasteiger partial charge in [-0.1, -0.05) is 17.7 Å². The molecule has 2 N–H and O–H groups in total. The van der Waals surface area contributed by atoms with Crippen LogP contribution < -0.4 is 10.5 Å². The van der Waals surface area contributed by atoms with Gasteiger partial charge in [-0.05, 0) is 38.1 Å². The third-order valence-corrected chi connectivity index (χ3v) is 3.31. The molecule has 20 heavy (non-hydrogen) atoms. The zero-order valence-corrected chi connectivity index (χ0v) is 11.5. The maximum absolute atomic E-state index is 5.92. The number of aromatic nitrogens is 3. The van der Waals surface area contributed by atoms with Crippen LogP contribution in [0.25, 0.3) is 5.65 Å². The Bertz CT molecular complexity index is 746. The molecule has 0 aliphatic carbocycles. The quantitative estimate of drug-likeness (QED) is 0.792. The maximum Gasteiger partial charge on any atom is 0.175 e. The predicted octanol–water partition coefficient (Wildman–Crippen LogP) is 2.51. The SMILES string of the molecule is Cc1ccc(OCc2nnc3ccc(N)c(C)n23)cc1. The minimum absolute atomic E-state index is 0.356. The molecule has 1 aromatic carbocycles. The van der Waals surface area contributed by atoms with Crippen LogP contribution in [0.1, 0.15) is 17.1 Å². The van der Waals surface area contributed by atoms with Crippen LogP contribution >= 0.6 is 0 Å². The van der Waals surface area contributed by atoms with Gasteiger partial charge in [0, 0.05) is 5.69 Å². The van der Waals surface area contributed by atoms with Crippen LogP contribution in [0, 0.1) is 13.8 Å². The van der Waals surface area contributed by atoms with Crippen molar-refractivity contribution in [3.05, 3.63) is 53.5 Å². The highest BCUT2D eigenvalue weighted by Gasteiger charge is 2.09. The Hall–Kier alpha value is -2.56. The van der Waals surface area contributed by atoms with Crippen LogP contribution in [0.15, 0.2) is 36.4 Å². The van der Waals surface area contributed by atoms with Gasteiger partial charge in [-0.15, -0.1) is 10.2 Å². The lowest BCUT2D eigenvalue weighted by molar-refractivity contribution is 0.294. The fourth-order valence-electron chi connectivity index (χ4n) is 2.09. The van der Waals surface area contributed by atoms with Crippen molar-refractivity contribution in [3.63, 3.8) is 0 Å². The highest BCUT2D eigenvalue weighted by Crippen LogP contribution is 2.17. The van der Waals surface area contributed by atoms with Crippen molar-refractivity contribution >= 4 is 11.3 Å². The lowest BCUT2D eigenvalue weighted by Crippen LogP contribution is -2.05. The van der Waals surface area contributed by atoms with Crippen molar-refractivity contribution in [1.82, 2.24) is 14.6 Å². The van der Waals surface area contributed by atoms with E-state index in [9.17, 15) is 0 Å². The summed E-state index contributed by atoms with van der Waals surface area (Å²) >= 11 is 0. The summed E-state index contributed by atoms with van der Waals surface area (Å²) in [6.07, 6.45) is 0. The summed E-state index contributed by atoms with van der Waals surface area (Å²) < 4.78 is 7.66. The molecule has 3 aromatic rings. The molecule has 5 nitrogen and oxygen atoms in total. The zero-order chi connectivity index (χ0) is 14.1. The second kappa shape index (κ2) is 4.85. The largest absolute Gasteiger partial charge is 0.486 e. The number of hydrogen-bond donors (Lipinski definition) is 1. The van der Waals surface area contributed by atoms with Gasteiger partial charge in [0.15, 0.2) is 11.5 Å².